The lowest BCUT2D eigenvalue weighted by molar-refractivity contribution is 0.0379. The number of nitrogens with zero attached hydrogens (tertiary/aromatic N) is 1. The molecule has 1 saturated carbocycles. The number of alkyl carbamates (subject to hydrolysis) is 1. The van der Waals surface area contributed by atoms with E-state index in [4.69, 9.17) is 4.74 Å². The number of carbonyl (C=O) groups is 1. The molecule has 0 aromatic carbocycles. The van der Waals surface area contributed by atoms with Crippen LogP contribution in [0.25, 0.3) is 0 Å². The molecule has 0 saturated heterocycles. The number of nitrogens with one attached hydrogen (secondary N) is 2. The second-order valence-corrected chi connectivity index (χ2v) is 7.14. The smallest absolute Gasteiger partial charge is 0.408 e. The molecule has 0 radical (unpaired) electrons. The van der Waals surface area contributed by atoms with Gasteiger partial charge < -0.3 is 15.4 Å². The van der Waals surface area contributed by atoms with Gasteiger partial charge in [0.25, 0.3) is 0 Å². The first-order valence-corrected chi connectivity index (χ1v) is 7.94. The maximum Gasteiger partial charge on any atom is 0.408 e. The minimum atomic E-state index is -0.465. The fourth-order valence-corrected chi connectivity index (χ4v) is 2.59. The van der Waals surface area contributed by atoms with E-state index in [0.717, 1.165) is 25.8 Å². The Balaban J connectivity index is 1.87. The van der Waals surface area contributed by atoms with Crippen LogP contribution in [0.5, 0.6) is 0 Å². The van der Waals surface area contributed by atoms with Crippen LogP contribution in [0.15, 0.2) is 24.5 Å². The molecule has 2 N–H and O–H groups in total. The van der Waals surface area contributed by atoms with E-state index in [2.05, 4.69) is 22.5 Å². The van der Waals surface area contributed by atoms with Crippen molar-refractivity contribution in [3.63, 3.8) is 0 Å². The molecule has 5 nitrogen and oxygen atoms in total. The van der Waals surface area contributed by atoms with Crippen LogP contribution >= 0.6 is 0 Å². The van der Waals surface area contributed by atoms with E-state index in [1.807, 2.05) is 32.9 Å². The van der Waals surface area contributed by atoms with E-state index in [1.54, 1.807) is 12.4 Å². The predicted octanol–water partition coefficient (Wildman–Crippen LogP) is 3.18. The molecule has 1 aromatic heterocycles. The van der Waals surface area contributed by atoms with Crippen molar-refractivity contribution in [2.24, 2.45) is 0 Å². The summed E-state index contributed by atoms with van der Waals surface area (Å²) in [5.74, 6) is 0. The summed E-state index contributed by atoms with van der Waals surface area (Å²) >= 11 is 0. The van der Waals surface area contributed by atoms with Crippen LogP contribution in [0.4, 0.5) is 4.79 Å². The van der Waals surface area contributed by atoms with Gasteiger partial charge in [-0.1, -0.05) is 0 Å². The molecule has 1 aliphatic rings. The average molecular weight is 305 g/mol. The normalized spacial score (nSPS) is 18.2. The standard InChI is InChI=1S/C17H27N3O2/c1-13(14-6-10-18-11-7-14)19-12-17(8-5-9-17)20-15(21)22-16(2,3)4/h6-7,10-11,13,19H,5,8-9,12H2,1-4H3,(H,20,21). The predicted molar refractivity (Wildman–Crippen MR) is 86.6 cm³/mol. The number of rotatable bonds is 5. The number of pyridine rings is 1. The van der Waals surface area contributed by atoms with Gasteiger partial charge in [0, 0.05) is 25.0 Å². The molecule has 0 aliphatic heterocycles. The summed E-state index contributed by atoms with van der Waals surface area (Å²) in [4.78, 5) is 16.0. The number of hydrogen-bond acceptors (Lipinski definition) is 4. The quantitative estimate of drug-likeness (QED) is 0.877. The molecule has 1 aliphatic carbocycles. The van der Waals surface area contributed by atoms with E-state index in [1.165, 1.54) is 5.56 Å². The zero-order valence-electron chi connectivity index (χ0n) is 14.0. The molecule has 1 amide bonds. The Bertz CT molecular complexity index is 492. The van der Waals surface area contributed by atoms with Crippen molar-refractivity contribution in [1.29, 1.82) is 0 Å². The van der Waals surface area contributed by atoms with Crippen LogP contribution in [0.3, 0.4) is 0 Å². The van der Waals surface area contributed by atoms with Crippen molar-refractivity contribution >= 4 is 6.09 Å². The zero-order chi connectivity index (χ0) is 16.2. The Hall–Kier alpha value is -1.62. The van der Waals surface area contributed by atoms with Gasteiger partial charge >= 0.3 is 6.09 Å². The zero-order valence-corrected chi connectivity index (χ0v) is 14.0. The largest absolute Gasteiger partial charge is 0.444 e. The molecule has 1 aromatic rings. The molecule has 2 rings (SSSR count). The van der Waals surface area contributed by atoms with E-state index in [9.17, 15) is 4.79 Å². The lowest BCUT2D eigenvalue weighted by Crippen LogP contribution is -2.60. The van der Waals surface area contributed by atoms with Crippen molar-refractivity contribution in [3.05, 3.63) is 30.1 Å². The molecule has 1 fully saturated rings. The minimum absolute atomic E-state index is 0.177. The van der Waals surface area contributed by atoms with E-state index >= 15 is 0 Å². The van der Waals surface area contributed by atoms with Crippen molar-refractivity contribution in [3.8, 4) is 0 Å². The molecular weight excluding hydrogens is 278 g/mol. The van der Waals surface area contributed by atoms with Gasteiger partial charge in [-0.05, 0) is 64.7 Å². The van der Waals surface area contributed by atoms with Gasteiger partial charge in [0.05, 0.1) is 5.54 Å². The highest BCUT2D eigenvalue weighted by Gasteiger charge is 2.39. The van der Waals surface area contributed by atoms with Gasteiger partial charge in [-0.15, -0.1) is 0 Å². The van der Waals surface area contributed by atoms with Crippen molar-refractivity contribution < 1.29 is 9.53 Å². The minimum Gasteiger partial charge on any atom is -0.444 e. The highest BCUT2D eigenvalue weighted by molar-refractivity contribution is 5.69. The molecule has 5 heteroatoms. The molecule has 0 bridgehead atoms. The molecule has 1 unspecified atom stereocenters. The second kappa shape index (κ2) is 6.65. The molecule has 1 heterocycles. The van der Waals surface area contributed by atoms with Crippen LogP contribution in [0.1, 0.15) is 58.6 Å². The third-order valence-corrected chi connectivity index (χ3v) is 4.03. The summed E-state index contributed by atoms with van der Waals surface area (Å²) in [6, 6.07) is 4.24. The Kier molecular flexibility index (Phi) is 5.06. The van der Waals surface area contributed by atoms with Gasteiger partial charge in [-0.2, -0.15) is 0 Å². The van der Waals surface area contributed by atoms with Gasteiger partial charge in [0.1, 0.15) is 5.60 Å². The van der Waals surface area contributed by atoms with E-state index in [0.29, 0.717) is 0 Å². The van der Waals surface area contributed by atoms with Gasteiger partial charge in [0.15, 0.2) is 0 Å². The maximum atomic E-state index is 12.0. The molecule has 22 heavy (non-hydrogen) atoms. The highest BCUT2D eigenvalue weighted by atomic mass is 16.6. The fourth-order valence-electron chi connectivity index (χ4n) is 2.59. The summed E-state index contributed by atoms with van der Waals surface area (Å²) in [6.07, 6.45) is 6.38. The van der Waals surface area contributed by atoms with Crippen LogP contribution in [-0.4, -0.2) is 28.8 Å². The van der Waals surface area contributed by atoms with E-state index < -0.39 is 5.60 Å². The summed E-state index contributed by atoms with van der Waals surface area (Å²) < 4.78 is 5.37. The number of carbonyl (C=O) groups excluding carboxylic acids is 1. The lowest BCUT2D eigenvalue weighted by Gasteiger charge is -2.43. The summed E-state index contributed by atoms with van der Waals surface area (Å²) in [5.41, 5.74) is 0.554. The van der Waals surface area contributed by atoms with Gasteiger partial charge in [-0.25, -0.2) is 4.79 Å². The monoisotopic (exact) mass is 305 g/mol. The van der Waals surface area contributed by atoms with Crippen LogP contribution in [0, 0.1) is 0 Å². The Morgan fingerprint density at radius 1 is 1.36 bits per heavy atom. The SMILES string of the molecule is CC(NCC1(NC(=O)OC(C)(C)C)CCC1)c1ccncc1. The Morgan fingerprint density at radius 2 is 2.00 bits per heavy atom. The van der Waals surface area contributed by atoms with Crippen molar-refractivity contribution in [2.45, 2.75) is 64.1 Å². The first-order valence-electron chi connectivity index (χ1n) is 7.94. The molecular formula is C17H27N3O2. The van der Waals surface area contributed by atoms with Crippen LogP contribution in [-0.2, 0) is 4.74 Å². The summed E-state index contributed by atoms with van der Waals surface area (Å²) in [7, 11) is 0. The second-order valence-electron chi connectivity index (χ2n) is 7.14. The maximum absolute atomic E-state index is 12.0. The van der Waals surface area contributed by atoms with Gasteiger partial charge in [-0.3, -0.25) is 4.98 Å². The third-order valence-electron chi connectivity index (χ3n) is 4.03. The summed E-state index contributed by atoms with van der Waals surface area (Å²) in [6.45, 7) is 8.50. The van der Waals surface area contributed by atoms with Crippen LogP contribution < -0.4 is 10.6 Å². The number of aromatic nitrogens is 1. The van der Waals surface area contributed by atoms with E-state index in [-0.39, 0.29) is 17.7 Å². The van der Waals surface area contributed by atoms with Crippen LogP contribution in [0.2, 0.25) is 0 Å². The topological polar surface area (TPSA) is 63.2 Å². The highest BCUT2D eigenvalue weighted by Crippen LogP contribution is 2.32. The number of amides is 1. The molecule has 0 spiro atoms. The Labute approximate surface area is 132 Å². The number of ether oxygens (including phenoxy) is 1. The Morgan fingerprint density at radius 3 is 2.50 bits per heavy atom. The number of hydrogen-bond donors (Lipinski definition) is 2. The van der Waals surface area contributed by atoms with Gasteiger partial charge in [0.2, 0.25) is 0 Å². The first-order chi connectivity index (χ1) is 10.3. The summed E-state index contributed by atoms with van der Waals surface area (Å²) in [5, 5.41) is 6.57. The fraction of sp³-hybridized carbons (Fsp3) is 0.647. The third kappa shape index (κ3) is 4.70. The van der Waals surface area contributed by atoms with Crippen molar-refractivity contribution in [1.82, 2.24) is 15.6 Å². The average Bonchev–Trinajstić information content (AvgIpc) is 2.40. The first kappa shape index (κ1) is 16.7. The molecule has 122 valence electrons. The molecule has 1 atom stereocenters. The van der Waals surface area contributed by atoms with Crippen molar-refractivity contribution in [2.75, 3.05) is 6.54 Å². The lowest BCUT2D eigenvalue weighted by atomic mass is 9.76.